The first kappa shape index (κ1) is 19.2. The molecule has 8 heteroatoms. The molecule has 1 amide bonds. The number of aromatic nitrogens is 4. The maximum absolute atomic E-state index is 12.8. The number of piperidine rings is 1. The summed E-state index contributed by atoms with van der Waals surface area (Å²) in [5, 5.41) is 4.41. The number of nitrogens with zero attached hydrogens (tertiary/aromatic N) is 5. The molecule has 30 heavy (non-hydrogen) atoms. The molecule has 0 bridgehead atoms. The molecule has 0 N–H and O–H groups in total. The molecule has 2 aliphatic rings. The second kappa shape index (κ2) is 7.80. The Kier molecular flexibility index (Phi) is 4.98. The molecule has 1 aliphatic heterocycles. The summed E-state index contributed by atoms with van der Waals surface area (Å²) in [6.45, 7) is 3.25. The highest BCUT2D eigenvalue weighted by molar-refractivity contribution is 6.29. The van der Waals surface area contributed by atoms with Crippen molar-refractivity contribution < 1.29 is 9.32 Å². The zero-order valence-corrected chi connectivity index (χ0v) is 17.5. The average Bonchev–Trinajstić information content (AvgIpc) is 3.54. The van der Waals surface area contributed by atoms with Crippen molar-refractivity contribution >= 4 is 17.5 Å². The quantitative estimate of drug-likeness (QED) is 0.578. The lowest BCUT2D eigenvalue weighted by atomic mass is 9.90. The minimum Gasteiger partial charge on any atom is -0.356 e. The smallest absolute Gasteiger partial charge is 0.255 e. The normalized spacial score (nSPS) is 17.3. The predicted octanol–water partition coefficient (Wildman–Crippen LogP) is 4.39. The summed E-state index contributed by atoms with van der Waals surface area (Å²) in [6.07, 6.45) is 7.41. The van der Waals surface area contributed by atoms with E-state index in [4.69, 9.17) is 21.1 Å². The van der Waals surface area contributed by atoms with Crippen molar-refractivity contribution in [1.82, 2.24) is 25.0 Å². The van der Waals surface area contributed by atoms with Crippen LogP contribution < -0.4 is 0 Å². The summed E-state index contributed by atoms with van der Waals surface area (Å²) in [6, 6.07) is 5.29. The SMILES string of the molecule is Cc1cc(-c2cnc(C3CC3)nc2C2CCN(C(=O)c3ccc(Cl)nc3)CC2)on1. The van der Waals surface area contributed by atoms with Gasteiger partial charge in [0.25, 0.3) is 5.91 Å². The van der Waals surface area contributed by atoms with Gasteiger partial charge in [0.15, 0.2) is 5.76 Å². The first-order chi connectivity index (χ1) is 14.6. The van der Waals surface area contributed by atoms with E-state index in [1.807, 2.05) is 24.1 Å². The highest BCUT2D eigenvalue weighted by Gasteiger charge is 2.31. The summed E-state index contributed by atoms with van der Waals surface area (Å²) in [5.74, 6) is 2.35. The zero-order chi connectivity index (χ0) is 20.7. The number of carbonyl (C=O) groups excluding carboxylic acids is 1. The number of amides is 1. The molecule has 7 nitrogen and oxygen atoms in total. The lowest BCUT2D eigenvalue weighted by Gasteiger charge is -2.32. The molecule has 0 aromatic carbocycles. The summed E-state index contributed by atoms with van der Waals surface area (Å²) < 4.78 is 5.51. The largest absolute Gasteiger partial charge is 0.356 e. The van der Waals surface area contributed by atoms with Gasteiger partial charge >= 0.3 is 0 Å². The fraction of sp³-hybridized carbons (Fsp3) is 0.409. The van der Waals surface area contributed by atoms with E-state index in [-0.39, 0.29) is 11.8 Å². The van der Waals surface area contributed by atoms with Crippen molar-refractivity contribution in [3.05, 3.63) is 58.5 Å². The van der Waals surface area contributed by atoms with Gasteiger partial charge in [-0.05, 0) is 44.7 Å². The van der Waals surface area contributed by atoms with Gasteiger partial charge in [0.2, 0.25) is 0 Å². The standard InChI is InChI=1S/C22H22ClN5O2/c1-13-10-18(30-27-13)17-12-25-21(15-2-3-15)26-20(17)14-6-8-28(9-7-14)22(29)16-4-5-19(23)24-11-16/h4-5,10-12,14-15H,2-3,6-9H2,1H3. The van der Waals surface area contributed by atoms with Crippen LogP contribution in [0.15, 0.2) is 35.1 Å². The van der Waals surface area contributed by atoms with Crippen molar-refractivity contribution in [2.45, 2.75) is 44.4 Å². The molecule has 0 unspecified atom stereocenters. The number of halogens is 1. The average molecular weight is 424 g/mol. The molecule has 3 aromatic heterocycles. The van der Waals surface area contributed by atoms with E-state index >= 15 is 0 Å². The van der Waals surface area contributed by atoms with Crippen LogP contribution >= 0.6 is 11.6 Å². The molecule has 3 aromatic rings. The number of likely N-dealkylation sites (tertiary alicyclic amines) is 1. The predicted molar refractivity (Wildman–Crippen MR) is 111 cm³/mol. The molecule has 1 saturated heterocycles. The number of carbonyl (C=O) groups is 1. The zero-order valence-electron chi connectivity index (χ0n) is 16.7. The lowest BCUT2D eigenvalue weighted by molar-refractivity contribution is 0.0711. The van der Waals surface area contributed by atoms with E-state index in [2.05, 4.69) is 15.1 Å². The number of hydrogen-bond donors (Lipinski definition) is 0. The number of rotatable bonds is 4. The van der Waals surface area contributed by atoms with Gasteiger partial charge in [0.1, 0.15) is 11.0 Å². The molecule has 4 heterocycles. The second-order valence-corrected chi connectivity index (χ2v) is 8.46. The van der Waals surface area contributed by atoms with Crippen LogP contribution in [0.1, 0.15) is 65.1 Å². The maximum Gasteiger partial charge on any atom is 0.255 e. The molecule has 1 saturated carbocycles. The van der Waals surface area contributed by atoms with Gasteiger partial charge in [0.05, 0.1) is 22.5 Å². The van der Waals surface area contributed by atoms with Crippen LogP contribution in [-0.2, 0) is 0 Å². The highest BCUT2D eigenvalue weighted by atomic mass is 35.5. The van der Waals surface area contributed by atoms with E-state index in [1.165, 1.54) is 6.20 Å². The van der Waals surface area contributed by atoms with Crippen LogP contribution in [0.4, 0.5) is 0 Å². The first-order valence-corrected chi connectivity index (χ1v) is 10.7. The molecule has 1 aliphatic carbocycles. The van der Waals surface area contributed by atoms with Crippen LogP contribution in [0.5, 0.6) is 0 Å². The van der Waals surface area contributed by atoms with Gasteiger partial charge in [-0.2, -0.15) is 0 Å². The molecule has 2 fully saturated rings. The Morgan fingerprint density at radius 2 is 1.90 bits per heavy atom. The summed E-state index contributed by atoms with van der Waals surface area (Å²) in [7, 11) is 0. The third kappa shape index (κ3) is 3.81. The van der Waals surface area contributed by atoms with Gasteiger partial charge in [-0.15, -0.1) is 0 Å². The lowest BCUT2D eigenvalue weighted by Crippen LogP contribution is -2.38. The van der Waals surface area contributed by atoms with E-state index in [0.29, 0.717) is 35.5 Å². The van der Waals surface area contributed by atoms with Crippen LogP contribution in [0.2, 0.25) is 5.15 Å². The van der Waals surface area contributed by atoms with Crippen LogP contribution in [0, 0.1) is 6.92 Å². The van der Waals surface area contributed by atoms with E-state index in [9.17, 15) is 4.79 Å². The Bertz CT molecular complexity index is 1070. The fourth-order valence-electron chi connectivity index (χ4n) is 3.98. The monoisotopic (exact) mass is 423 g/mol. The molecule has 0 atom stereocenters. The van der Waals surface area contributed by atoms with Gasteiger partial charge in [0, 0.05) is 43.4 Å². The molecular formula is C22H22ClN5O2. The Hall–Kier alpha value is -2.80. The topological polar surface area (TPSA) is 85.0 Å². The van der Waals surface area contributed by atoms with Crippen molar-refractivity contribution in [2.75, 3.05) is 13.1 Å². The minimum absolute atomic E-state index is 0.00921. The van der Waals surface area contributed by atoms with E-state index < -0.39 is 0 Å². The van der Waals surface area contributed by atoms with Crippen molar-refractivity contribution in [3.8, 4) is 11.3 Å². The van der Waals surface area contributed by atoms with E-state index in [0.717, 1.165) is 48.5 Å². The number of hydrogen-bond acceptors (Lipinski definition) is 6. The molecule has 5 rings (SSSR count). The van der Waals surface area contributed by atoms with Crippen molar-refractivity contribution in [2.24, 2.45) is 0 Å². The molecule has 0 spiro atoms. The summed E-state index contributed by atoms with van der Waals surface area (Å²) in [4.78, 5) is 28.2. The first-order valence-electron chi connectivity index (χ1n) is 10.3. The van der Waals surface area contributed by atoms with Gasteiger partial charge in [-0.1, -0.05) is 16.8 Å². The highest BCUT2D eigenvalue weighted by Crippen LogP contribution is 2.41. The maximum atomic E-state index is 12.8. The fourth-order valence-corrected chi connectivity index (χ4v) is 4.09. The Balaban J connectivity index is 1.36. The third-order valence-electron chi connectivity index (χ3n) is 5.82. The van der Waals surface area contributed by atoms with Crippen LogP contribution in [0.25, 0.3) is 11.3 Å². The third-order valence-corrected chi connectivity index (χ3v) is 6.04. The Morgan fingerprint density at radius 1 is 1.10 bits per heavy atom. The summed E-state index contributed by atoms with van der Waals surface area (Å²) in [5.41, 5.74) is 3.32. The Labute approximate surface area is 179 Å². The molecular weight excluding hydrogens is 402 g/mol. The minimum atomic E-state index is -0.00921. The Morgan fingerprint density at radius 3 is 2.53 bits per heavy atom. The van der Waals surface area contributed by atoms with Gasteiger partial charge in [-0.3, -0.25) is 4.79 Å². The van der Waals surface area contributed by atoms with Crippen molar-refractivity contribution in [1.29, 1.82) is 0 Å². The molecule has 0 radical (unpaired) electrons. The second-order valence-electron chi connectivity index (χ2n) is 8.07. The van der Waals surface area contributed by atoms with Crippen molar-refractivity contribution in [3.63, 3.8) is 0 Å². The van der Waals surface area contributed by atoms with Crippen LogP contribution in [0.3, 0.4) is 0 Å². The van der Waals surface area contributed by atoms with Crippen LogP contribution in [-0.4, -0.2) is 44.0 Å². The van der Waals surface area contributed by atoms with E-state index in [1.54, 1.807) is 12.1 Å². The summed E-state index contributed by atoms with van der Waals surface area (Å²) >= 11 is 5.84. The number of aryl methyl sites for hydroxylation is 1. The van der Waals surface area contributed by atoms with Gasteiger partial charge in [-0.25, -0.2) is 15.0 Å². The van der Waals surface area contributed by atoms with Gasteiger partial charge < -0.3 is 9.42 Å². The number of pyridine rings is 1. The molecule has 154 valence electrons.